The number of hydrogen-bond donors (Lipinski definition) is 1. The first-order chi connectivity index (χ1) is 11.7. The zero-order valence-corrected chi connectivity index (χ0v) is 14.5. The second-order valence-corrected chi connectivity index (χ2v) is 6.62. The minimum absolute atomic E-state index is 0.109. The maximum Gasteiger partial charge on any atom is 0.321 e. The number of carbonyl (C=O) groups excluding carboxylic acids is 2. The number of benzene rings is 1. The summed E-state index contributed by atoms with van der Waals surface area (Å²) >= 11 is 1.65. The summed E-state index contributed by atoms with van der Waals surface area (Å²) in [5.74, 6) is 0.151. The van der Waals surface area contributed by atoms with Crippen LogP contribution in [0.3, 0.4) is 0 Å². The van der Waals surface area contributed by atoms with Gasteiger partial charge in [0.15, 0.2) is 0 Å². The molecule has 1 saturated heterocycles. The Bertz CT molecular complexity index is 707. The van der Waals surface area contributed by atoms with Crippen molar-refractivity contribution in [2.75, 3.05) is 31.5 Å². The second-order valence-electron chi connectivity index (χ2n) is 5.67. The van der Waals surface area contributed by atoms with Crippen molar-refractivity contribution >= 4 is 29.0 Å². The molecule has 0 radical (unpaired) electrons. The number of thiophene rings is 1. The molecule has 0 unspecified atom stereocenters. The van der Waals surface area contributed by atoms with Gasteiger partial charge in [0.05, 0.1) is 5.69 Å². The average molecular weight is 343 g/mol. The summed E-state index contributed by atoms with van der Waals surface area (Å²) in [6, 6.07) is 11.8. The molecular weight excluding hydrogens is 322 g/mol. The number of amides is 3. The number of piperazine rings is 1. The summed E-state index contributed by atoms with van der Waals surface area (Å²) in [5, 5.41) is 5.04. The highest BCUT2D eigenvalue weighted by molar-refractivity contribution is 7.13. The summed E-state index contributed by atoms with van der Waals surface area (Å²) in [6.07, 6.45) is 0.514. The van der Waals surface area contributed by atoms with Gasteiger partial charge < -0.3 is 15.1 Å². The van der Waals surface area contributed by atoms with Gasteiger partial charge in [0.2, 0.25) is 5.91 Å². The van der Waals surface area contributed by atoms with Gasteiger partial charge in [-0.1, -0.05) is 31.2 Å². The van der Waals surface area contributed by atoms with Gasteiger partial charge in [0.25, 0.3) is 0 Å². The maximum absolute atomic E-state index is 12.6. The molecule has 2 heterocycles. The van der Waals surface area contributed by atoms with E-state index in [-0.39, 0.29) is 11.9 Å². The highest BCUT2D eigenvalue weighted by Gasteiger charge is 2.23. The molecule has 1 fully saturated rings. The van der Waals surface area contributed by atoms with E-state index >= 15 is 0 Å². The average Bonchev–Trinajstić information content (AvgIpc) is 3.16. The number of para-hydroxylation sites is 1. The number of rotatable bonds is 3. The van der Waals surface area contributed by atoms with Crippen LogP contribution in [0.4, 0.5) is 10.5 Å². The van der Waals surface area contributed by atoms with Crippen molar-refractivity contribution in [2.45, 2.75) is 13.3 Å². The number of nitrogens with zero attached hydrogens (tertiary/aromatic N) is 2. The second kappa shape index (κ2) is 7.49. The Kier molecular flexibility index (Phi) is 5.15. The summed E-state index contributed by atoms with van der Waals surface area (Å²) in [7, 11) is 0. The third-order valence-electron chi connectivity index (χ3n) is 4.18. The molecule has 1 aliphatic rings. The van der Waals surface area contributed by atoms with Gasteiger partial charge in [-0.25, -0.2) is 4.79 Å². The lowest BCUT2D eigenvalue weighted by Crippen LogP contribution is -2.51. The monoisotopic (exact) mass is 343 g/mol. The fourth-order valence-electron chi connectivity index (χ4n) is 2.82. The molecule has 126 valence electrons. The molecule has 5 nitrogen and oxygen atoms in total. The maximum atomic E-state index is 12.6. The summed E-state index contributed by atoms with van der Waals surface area (Å²) in [6.45, 7) is 4.21. The zero-order chi connectivity index (χ0) is 16.9. The van der Waals surface area contributed by atoms with E-state index in [9.17, 15) is 9.59 Å². The van der Waals surface area contributed by atoms with Gasteiger partial charge in [-0.15, -0.1) is 11.3 Å². The standard InChI is InChI=1S/C18H21N3O2S/c1-2-17(22)20-9-11-21(12-10-20)18(23)19-15-7-4-3-6-14(15)16-8-5-13-24-16/h3-8,13H,2,9-12H2,1H3,(H,19,23). The van der Waals surface area contributed by atoms with Gasteiger partial charge in [0, 0.05) is 43.0 Å². The number of hydrogen-bond acceptors (Lipinski definition) is 3. The minimum atomic E-state index is -0.109. The molecular formula is C18H21N3O2S. The normalized spacial score (nSPS) is 14.5. The van der Waals surface area contributed by atoms with Crippen LogP contribution in [0.25, 0.3) is 10.4 Å². The largest absolute Gasteiger partial charge is 0.339 e. The topological polar surface area (TPSA) is 52.7 Å². The number of nitrogens with one attached hydrogen (secondary N) is 1. The van der Waals surface area contributed by atoms with Crippen molar-refractivity contribution < 1.29 is 9.59 Å². The molecule has 0 spiro atoms. The van der Waals surface area contributed by atoms with E-state index < -0.39 is 0 Å². The van der Waals surface area contributed by atoms with E-state index in [0.29, 0.717) is 32.6 Å². The molecule has 0 aliphatic carbocycles. The fourth-order valence-corrected chi connectivity index (χ4v) is 3.58. The fraction of sp³-hybridized carbons (Fsp3) is 0.333. The van der Waals surface area contributed by atoms with Crippen LogP contribution in [0.15, 0.2) is 41.8 Å². The van der Waals surface area contributed by atoms with E-state index in [1.165, 1.54) is 0 Å². The van der Waals surface area contributed by atoms with Gasteiger partial charge >= 0.3 is 6.03 Å². The lowest BCUT2D eigenvalue weighted by Gasteiger charge is -2.34. The van der Waals surface area contributed by atoms with Crippen molar-refractivity contribution in [3.05, 3.63) is 41.8 Å². The van der Waals surface area contributed by atoms with Crippen LogP contribution in [0.2, 0.25) is 0 Å². The third-order valence-corrected chi connectivity index (χ3v) is 5.08. The lowest BCUT2D eigenvalue weighted by atomic mass is 10.1. The van der Waals surface area contributed by atoms with Crippen LogP contribution in [0.1, 0.15) is 13.3 Å². The Hall–Kier alpha value is -2.34. The Labute approximate surface area is 145 Å². The molecule has 1 aromatic heterocycles. The molecule has 24 heavy (non-hydrogen) atoms. The molecule has 2 aromatic rings. The Balaban J connectivity index is 1.65. The van der Waals surface area contributed by atoms with Gasteiger partial charge in [-0.05, 0) is 17.5 Å². The van der Waals surface area contributed by atoms with Crippen molar-refractivity contribution in [1.29, 1.82) is 0 Å². The molecule has 0 saturated carbocycles. The van der Waals surface area contributed by atoms with Crippen molar-refractivity contribution in [3.8, 4) is 10.4 Å². The summed E-state index contributed by atoms with van der Waals surface area (Å²) < 4.78 is 0. The highest BCUT2D eigenvalue weighted by Crippen LogP contribution is 2.31. The first-order valence-corrected chi connectivity index (χ1v) is 9.03. The van der Waals surface area contributed by atoms with Crippen LogP contribution in [-0.2, 0) is 4.79 Å². The predicted molar refractivity (Wildman–Crippen MR) is 97.2 cm³/mol. The first kappa shape index (κ1) is 16.5. The van der Waals surface area contributed by atoms with Crippen LogP contribution in [0, 0.1) is 0 Å². The predicted octanol–water partition coefficient (Wildman–Crippen LogP) is 3.50. The van der Waals surface area contributed by atoms with Gasteiger partial charge in [0.1, 0.15) is 0 Å². The smallest absolute Gasteiger partial charge is 0.321 e. The SMILES string of the molecule is CCC(=O)N1CCN(C(=O)Nc2ccccc2-c2cccs2)CC1. The van der Waals surface area contributed by atoms with Crippen LogP contribution >= 0.6 is 11.3 Å². The van der Waals surface area contributed by atoms with Gasteiger partial charge in [-0.2, -0.15) is 0 Å². The molecule has 1 N–H and O–H groups in total. The Morgan fingerprint density at radius 3 is 2.42 bits per heavy atom. The molecule has 0 bridgehead atoms. The molecule has 1 aromatic carbocycles. The molecule has 3 rings (SSSR count). The quantitative estimate of drug-likeness (QED) is 0.927. The van der Waals surface area contributed by atoms with E-state index in [1.54, 1.807) is 16.2 Å². The molecule has 1 aliphatic heterocycles. The number of anilines is 1. The Morgan fingerprint density at radius 1 is 1.04 bits per heavy atom. The molecule has 0 atom stereocenters. The van der Waals surface area contributed by atoms with Gasteiger partial charge in [-0.3, -0.25) is 4.79 Å². The Morgan fingerprint density at radius 2 is 1.75 bits per heavy atom. The molecule has 3 amide bonds. The third kappa shape index (κ3) is 3.59. The van der Waals surface area contributed by atoms with Crippen molar-refractivity contribution in [1.82, 2.24) is 9.80 Å². The highest BCUT2D eigenvalue weighted by atomic mass is 32.1. The number of urea groups is 1. The van der Waals surface area contributed by atoms with E-state index in [2.05, 4.69) is 5.32 Å². The van der Waals surface area contributed by atoms with Crippen molar-refractivity contribution in [2.24, 2.45) is 0 Å². The lowest BCUT2D eigenvalue weighted by molar-refractivity contribution is -0.132. The van der Waals surface area contributed by atoms with Crippen LogP contribution in [-0.4, -0.2) is 47.9 Å². The summed E-state index contributed by atoms with van der Waals surface area (Å²) in [5.41, 5.74) is 1.85. The van der Waals surface area contributed by atoms with E-state index in [1.807, 2.05) is 53.6 Å². The zero-order valence-electron chi connectivity index (χ0n) is 13.7. The number of carbonyl (C=O) groups is 2. The molecule has 6 heteroatoms. The van der Waals surface area contributed by atoms with Crippen LogP contribution in [0.5, 0.6) is 0 Å². The van der Waals surface area contributed by atoms with E-state index in [0.717, 1.165) is 16.1 Å². The van der Waals surface area contributed by atoms with E-state index in [4.69, 9.17) is 0 Å². The van der Waals surface area contributed by atoms with Crippen molar-refractivity contribution in [3.63, 3.8) is 0 Å². The summed E-state index contributed by atoms with van der Waals surface area (Å²) in [4.78, 5) is 29.0. The first-order valence-electron chi connectivity index (χ1n) is 8.15. The van der Waals surface area contributed by atoms with Crippen LogP contribution < -0.4 is 5.32 Å². The minimum Gasteiger partial charge on any atom is -0.339 e.